The zero-order valence-corrected chi connectivity index (χ0v) is 56.1. The molecule has 0 aromatic carbocycles. The Morgan fingerprint density at radius 3 is 1.32 bits per heavy atom. The molecule has 5 N–H and O–H groups in total. The van der Waals surface area contributed by atoms with E-state index < -0.39 is 156 Å². The first-order valence-electron chi connectivity index (χ1n) is 30.6. The van der Waals surface area contributed by atoms with E-state index in [2.05, 4.69) is 21.3 Å². The van der Waals surface area contributed by atoms with E-state index in [0.29, 0.717) is 6.42 Å². The smallest absolute Gasteiger partial charge is 0.246 e. The number of nitrogens with one attached hydrogen (secondary N) is 4. The minimum atomic E-state index is -1.61. The molecule has 1 aliphatic heterocycles. The number of allylic oxidation sites excluding steroid dienone is 2. The predicted octanol–water partition coefficient (Wildman–Crippen LogP) is 3.27. The molecule has 1 unspecified atom stereocenters. The average molecular weight is 1200 g/mol. The molecule has 23 nitrogen and oxygen atoms in total. The largest absolute Gasteiger partial charge is 0.390 e. The van der Waals surface area contributed by atoms with Crippen molar-refractivity contribution in [2.45, 2.75) is 223 Å². The van der Waals surface area contributed by atoms with Crippen LogP contribution in [0.25, 0.3) is 0 Å². The molecule has 1 heterocycles. The van der Waals surface area contributed by atoms with Gasteiger partial charge in [0, 0.05) is 49.3 Å². The first kappa shape index (κ1) is 76.9. The monoisotopic (exact) mass is 1200 g/mol. The van der Waals surface area contributed by atoms with Gasteiger partial charge in [0.15, 0.2) is 0 Å². The molecule has 0 bridgehead atoms. The van der Waals surface area contributed by atoms with Crippen LogP contribution in [0.5, 0.6) is 0 Å². The number of hydrogen-bond donors (Lipinski definition) is 5. The Labute approximate surface area is 508 Å². The van der Waals surface area contributed by atoms with E-state index in [1.54, 1.807) is 54.5 Å². The molecule has 23 heteroatoms. The summed E-state index contributed by atoms with van der Waals surface area (Å²) in [6.07, 6.45) is 3.04. The Hall–Kier alpha value is -6.13. The van der Waals surface area contributed by atoms with Crippen molar-refractivity contribution >= 4 is 65.0 Å². The van der Waals surface area contributed by atoms with E-state index in [4.69, 9.17) is 0 Å². The van der Waals surface area contributed by atoms with Crippen LogP contribution in [0.2, 0.25) is 0 Å². The first-order chi connectivity index (χ1) is 39.2. The molecule has 0 aromatic heterocycles. The van der Waals surface area contributed by atoms with Gasteiger partial charge in [-0.15, -0.1) is 0 Å². The van der Waals surface area contributed by atoms with Crippen molar-refractivity contribution in [2.24, 2.45) is 41.4 Å². The number of hydrogen-bond acceptors (Lipinski definition) is 12. The average Bonchev–Trinajstić information content (AvgIpc) is 3.62. The Kier molecular flexibility index (Phi) is 31.5. The van der Waals surface area contributed by atoms with Crippen molar-refractivity contribution in [3.63, 3.8) is 0 Å². The molecule has 0 spiro atoms. The lowest BCUT2D eigenvalue weighted by Gasteiger charge is -2.41. The quantitative estimate of drug-likeness (QED) is 0.148. The van der Waals surface area contributed by atoms with Crippen LogP contribution in [0.15, 0.2) is 12.2 Å². The van der Waals surface area contributed by atoms with Crippen LogP contribution in [0.1, 0.15) is 156 Å². The summed E-state index contributed by atoms with van der Waals surface area (Å²) >= 11 is 0. The van der Waals surface area contributed by atoms with Gasteiger partial charge < -0.3 is 60.7 Å². The number of carbonyl (C=O) groups excluding carboxylic acids is 11. The second-order valence-corrected chi connectivity index (χ2v) is 26.1. The third-order valence-corrected chi connectivity index (χ3v) is 16.1. The number of aliphatic hydroxyl groups excluding tert-OH is 1. The van der Waals surface area contributed by atoms with E-state index >= 15 is 9.59 Å². The fraction of sp³-hybridized carbons (Fsp3) is 0.790. The summed E-state index contributed by atoms with van der Waals surface area (Å²) in [5, 5.41) is 23.1. The van der Waals surface area contributed by atoms with Gasteiger partial charge in [-0.25, -0.2) is 0 Å². The van der Waals surface area contributed by atoms with Crippen LogP contribution >= 0.6 is 0 Å². The van der Waals surface area contributed by atoms with Crippen molar-refractivity contribution < 1.29 is 57.8 Å². The normalized spacial score (nSPS) is 26.9. The van der Waals surface area contributed by atoms with E-state index in [1.807, 2.05) is 61.5 Å². The highest BCUT2D eigenvalue weighted by molar-refractivity contribution is 5.99. The summed E-state index contributed by atoms with van der Waals surface area (Å²) in [5.41, 5.74) is 0. The Morgan fingerprint density at radius 1 is 0.459 bits per heavy atom. The third kappa shape index (κ3) is 21.7. The molecule has 486 valence electrons. The summed E-state index contributed by atoms with van der Waals surface area (Å²) < 4.78 is 0. The summed E-state index contributed by atoms with van der Waals surface area (Å²) in [4.78, 5) is 169. The minimum Gasteiger partial charge on any atom is -0.390 e. The molecule has 0 radical (unpaired) electrons. The Balaban J connectivity index is 4.32. The summed E-state index contributed by atoms with van der Waals surface area (Å²) in [6.45, 7) is 29.3. The molecular formula is C62H111N11O12. The van der Waals surface area contributed by atoms with Gasteiger partial charge in [0.25, 0.3) is 0 Å². The molecule has 1 rings (SSSR count). The van der Waals surface area contributed by atoms with E-state index in [1.165, 1.54) is 87.7 Å². The summed E-state index contributed by atoms with van der Waals surface area (Å²) in [6, 6.07) is -12.3. The molecule has 0 saturated carbocycles. The van der Waals surface area contributed by atoms with Gasteiger partial charge in [0.05, 0.1) is 12.6 Å². The molecule has 1 fully saturated rings. The van der Waals surface area contributed by atoms with Gasteiger partial charge in [0.2, 0.25) is 65.0 Å². The molecule has 0 aliphatic carbocycles. The zero-order chi connectivity index (χ0) is 66.0. The lowest BCUT2D eigenvalue weighted by Crippen LogP contribution is -2.63. The number of aliphatic hydroxyl groups is 1. The summed E-state index contributed by atoms with van der Waals surface area (Å²) in [7, 11) is 9.92. The fourth-order valence-corrected chi connectivity index (χ4v) is 10.7. The summed E-state index contributed by atoms with van der Waals surface area (Å²) in [5.74, 6) is -9.71. The number of likely N-dealkylation sites (N-methyl/N-ethyl adjacent to an activating group) is 7. The van der Waals surface area contributed by atoms with E-state index in [0.717, 1.165) is 9.80 Å². The maximum Gasteiger partial charge on any atom is 0.246 e. The van der Waals surface area contributed by atoms with Gasteiger partial charge in [-0.3, -0.25) is 52.7 Å². The lowest BCUT2D eigenvalue weighted by atomic mass is 9.91. The minimum absolute atomic E-state index is 0.0229. The highest BCUT2D eigenvalue weighted by Crippen LogP contribution is 2.26. The molecule has 85 heavy (non-hydrogen) atoms. The molecule has 1 saturated heterocycles. The van der Waals surface area contributed by atoms with Crippen molar-refractivity contribution in [3.05, 3.63) is 12.2 Å². The van der Waals surface area contributed by atoms with Crippen LogP contribution in [-0.4, -0.2) is 227 Å². The van der Waals surface area contributed by atoms with E-state index in [-0.39, 0.29) is 55.8 Å². The predicted molar refractivity (Wildman–Crippen MR) is 328 cm³/mol. The standard InChI is InChI=1S/C62H111N11O12/c1-25-27-28-40(15)52(75)51-56(79)65-43(26-2)58(81)67(18)33-48(74)68(19)44(29-34(3)4)55(78)66-49(38(11)12)61(84)69(20)45(30-35(5)6)54(77)63-41(16)53(76)64-42(17)57(80)70(21)46(31-36(7)8)59(82)71(22)47(32-37(9)10)60(83)72(23)50(39(13)14)62(85)73(51)24/h25,27,34-47,49-52,75H,26,28-33H2,1-24H3,(H,63,77)(H,64,76)(H,65,79)(H,66,78)/b27-25+/t40?,41-,42+,43-,44-,45-,46-,47-,49-,50-,51-,52+/m0/s1. The molecule has 11 amide bonds. The maximum absolute atomic E-state index is 15.1. The molecule has 0 aromatic rings. The van der Waals surface area contributed by atoms with Crippen LogP contribution in [-0.2, 0) is 52.7 Å². The number of carbonyl (C=O) groups is 11. The first-order valence-corrected chi connectivity index (χ1v) is 30.6. The highest BCUT2D eigenvalue weighted by Gasteiger charge is 2.45. The number of nitrogens with zero attached hydrogens (tertiary/aromatic N) is 7. The topological polar surface area (TPSA) is 279 Å². The van der Waals surface area contributed by atoms with Crippen molar-refractivity contribution in [3.8, 4) is 0 Å². The van der Waals surface area contributed by atoms with Gasteiger partial charge >= 0.3 is 0 Å². The van der Waals surface area contributed by atoms with Gasteiger partial charge in [-0.05, 0) is 101 Å². The second kappa shape index (κ2) is 34.9. The van der Waals surface area contributed by atoms with Gasteiger partial charge in [-0.1, -0.05) is 109 Å². The van der Waals surface area contributed by atoms with Crippen molar-refractivity contribution in [1.29, 1.82) is 0 Å². The van der Waals surface area contributed by atoms with Crippen LogP contribution in [0, 0.1) is 41.4 Å². The number of amides is 11. The van der Waals surface area contributed by atoms with Crippen molar-refractivity contribution in [2.75, 3.05) is 55.9 Å². The molecule has 1 aliphatic rings. The van der Waals surface area contributed by atoms with E-state index in [9.17, 15) is 48.3 Å². The number of rotatable bonds is 15. The Bertz CT molecular complexity index is 2330. The zero-order valence-electron chi connectivity index (χ0n) is 56.1. The lowest BCUT2D eigenvalue weighted by molar-refractivity contribution is -0.157. The molecular weight excluding hydrogens is 1090 g/mol. The highest BCUT2D eigenvalue weighted by atomic mass is 16.3. The SMILES string of the molecule is C/C=C/CC(C)[C@@H](O)[C@H]1C(=O)N[C@@H](CC)C(=O)N(C)CC(=O)N(C)[C@@H](CC(C)C)C(=O)N[C@@H](C(C)C)C(=O)N(C)[C@@H](CC(C)C)C(=O)N[C@@H](C)C(=O)N[C@H](C)C(=O)N(C)[C@@H](CC(C)C)C(=O)N(C)[C@@H](CC(C)C)C(=O)N(C)[C@@H](C(C)C)C(=O)N1C. The second-order valence-electron chi connectivity index (χ2n) is 26.1. The fourth-order valence-electron chi connectivity index (χ4n) is 10.7. The molecule has 12 atom stereocenters. The van der Waals surface area contributed by atoms with Crippen LogP contribution < -0.4 is 21.3 Å². The Morgan fingerprint density at radius 2 is 0.871 bits per heavy atom. The van der Waals surface area contributed by atoms with Gasteiger partial charge in [0.1, 0.15) is 60.4 Å². The van der Waals surface area contributed by atoms with Gasteiger partial charge in [-0.2, -0.15) is 0 Å². The van der Waals surface area contributed by atoms with Crippen LogP contribution in [0.4, 0.5) is 0 Å². The maximum atomic E-state index is 15.1. The van der Waals surface area contributed by atoms with Crippen LogP contribution in [0.3, 0.4) is 0 Å². The van der Waals surface area contributed by atoms with Crippen molar-refractivity contribution in [1.82, 2.24) is 55.6 Å². The third-order valence-electron chi connectivity index (χ3n) is 16.1.